The van der Waals surface area contributed by atoms with Crippen LogP contribution in [0.2, 0.25) is 20.1 Å². The minimum absolute atomic E-state index is 0.00521. The second-order valence-corrected chi connectivity index (χ2v) is 9.15. The predicted octanol–water partition coefficient (Wildman–Crippen LogP) is 5.89. The molecule has 10 heteroatoms. The summed E-state index contributed by atoms with van der Waals surface area (Å²) in [5.74, 6) is -1.30. The molecule has 29 heavy (non-hydrogen) atoms. The molecule has 1 atom stereocenters. The number of halogens is 4. The fourth-order valence-electron chi connectivity index (χ4n) is 3.23. The van der Waals surface area contributed by atoms with E-state index < -0.39 is 42.0 Å². The second-order valence-electron chi connectivity index (χ2n) is 6.04. The van der Waals surface area contributed by atoms with Crippen LogP contribution < -0.4 is 0 Å². The zero-order valence-electron chi connectivity index (χ0n) is 14.3. The monoisotopic (exact) mass is 492 g/mol. The molecule has 3 rings (SSSR count). The Morgan fingerprint density at radius 2 is 1.38 bits per heavy atom. The normalized spacial score (nSPS) is 13.8. The number of rotatable bonds is 4. The standard InChI is InChI=1S/C19H12Cl4O5S/c20-12-8-4-7-11(16(12)21)19(29(26,27)28,10-5-2-1-3-6-10)15-13(24)9-14(25)17(22)18(15)23/h1-9,24-25H,(H,26,27,28). The molecular formula is C19H12Cl4O5S. The van der Waals surface area contributed by atoms with E-state index in [0.717, 1.165) is 6.07 Å². The van der Waals surface area contributed by atoms with Crippen molar-refractivity contribution >= 4 is 56.5 Å². The molecule has 1 unspecified atom stereocenters. The van der Waals surface area contributed by atoms with Gasteiger partial charge >= 0.3 is 0 Å². The van der Waals surface area contributed by atoms with Crippen molar-refractivity contribution in [3.63, 3.8) is 0 Å². The summed E-state index contributed by atoms with van der Waals surface area (Å²) in [6.45, 7) is 0. The van der Waals surface area contributed by atoms with Crippen molar-refractivity contribution in [3.05, 3.63) is 91.4 Å². The van der Waals surface area contributed by atoms with Crippen molar-refractivity contribution in [2.24, 2.45) is 0 Å². The zero-order chi connectivity index (χ0) is 21.6. The van der Waals surface area contributed by atoms with Gasteiger partial charge in [-0.25, -0.2) is 0 Å². The molecule has 0 saturated heterocycles. The minimum atomic E-state index is -5.13. The first-order chi connectivity index (χ1) is 13.5. The SMILES string of the molecule is O=S(=O)(O)C(c1ccccc1)(c1cccc(Cl)c1Cl)c1c(O)cc(O)c(Cl)c1Cl. The van der Waals surface area contributed by atoms with Gasteiger partial charge in [-0.15, -0.1) is 0 Å². The molecule has 0 bridgehead atoms. The third kappa shape index (κ3) is 3.44. The highest BCUT2D eigenvalue weighted by molar-refractivity contribution is 7.87. The van der Waals surface area contributed by atoms with Crippen molar-refractivity contribution in [2.45, 2.75) is 4.75 Å². The van der Waals surface area contributed by atoms with E-state index in [0.29, 0.717) is 0 Å². The largest absolute Gasteiger partial charge is 0.507 e. The maximum Gasteiger partial charge on any atom is 0.283 e. The van der Waals surface area contributed by atoms with Crippen LogP contribution in [-0.4, -0.2) is 23.2 Å². The molecule has 0 heterocycles. The number of phenols is 2. The first-order valence-corrected chi connectivity index (χ1v) is 10.9. The second kappa shape index (κ2) is 7.87. The molecule has 0 aliphatic carbocycles. The number of phenolic OH excluding ortho intramolecular Hbond substituents is 2. The topological polar surface area (TPSA) is 94.8 Å². The number of hydrogen-bond donors (Lipinski definition) is 3. The molecular weight excluding hydrogens is 482 g/mol. The van der Waals surface area contributed by atoms with Gasteiger partial charge in [0.05, 0.1) is 15.1 Å². The van der Waals surface area contributed by atoms with Crippen LogP contribution in [0.3, 0.4) is 0 Å². The Bertz CT molecular complexity index is 1200. The predicted molar refractivity (Wildman–Crippen MR) is 114 cm³/mol. The Morgan fingerprint density at radius 1 is 0.759 bits per heavy atom. The van der Waals surface area contributed by atoms with Gasteiger partial charge in [0.1, 0.15) is 16.5 Å². The fraction of sp³-hybridized carbons (Fsp3) is 0.0526. The van der Waals surface area contributed by atoms with Crippen molar-refractivity contribution < 1.29 is 23.2 Å². The quantitative estimate of drug-likeness (QED) is 0.311. The van der Waals surface area contributed by atoms with Crippen LogP contribution in [0, 0.1) is 0 Å². The van der Waals surface area contributed by atoms with Crippen molar-refractivity contribution in [2.75, 3.05) is 0 Å². The van der Waals surface area contributed by atoms with Gasteiger partial charge in [-0.1, -0.05) is 88.9 Å². The highest BCUT2D eigenvalue weighted by Crippen LogP contribution is 2.54. The molecule has 5 nitrogen and oxygen atoms in total. The van der Waals surface area contributed by atoms with Gasteiger partial charge < -0.3 is 10.2 Å². The maximum atomic E-state index is 13.0. The average molecular weight is 494 g/mol. The summed E-state index contributed by atoms with van der Waals surface area (Å²) in [6.07, 6.45) is 0. The van der Waals surface area contributed by atoms with Crippen molar-refractivity contribution in [1.82, 2.24) is 0 Å². The summed E-state index contributed by atoms with van der Waals surface area (Å²) < 4.78 is 34.0. The first-order valence-electron chi connectivity index (χ1n) is 7.91. The van der Waals surface area contributed by atoms with Gasteiger partial charge in [0.15, 0.2) is 4.75 Å². The Labute approximate surface area is 186 Å². The van der Waals surface area contributed by atoms with E-state index in [2.05, 4.69) is 0 Å². The highest BCUT2D eigenvalue weighted by Gasteiger charge is 2.53. The Hall–Kier alpha value is -1.67. The van der Waals surface area contributed by atoms with Crippen LogP contribution in [0.1, 0.15) is 16.7 Å². The fourth-order valence-corrected chi connectivity index (χ4v) is 5.62. The van der Waals surface area contributed by atoms with E-state index in [-0.39, 0.29) is 21.2 Å². The lowest BCUT2D eigenvalue weighted by Crippen LogP contribution is -2.39. The van der Waals surface area contributed by atoms with E-state index in [1.807, 2.05) is 0 Å². The molecule has 0 radical (unpaired) electrons. The summed E-state index contributed by atoms with van der Waals surface area (Å²) in [4.78, 5) is 0. The molecule has 3 aromatic rings. The molecule has 3 aromatic carbocycles. The van der Waals surface area contributed by atoms with E-state index in [4.69, 9.17) is 46.4 Å². The lowest BCUT2D eigenvalue weighted by molar-refractivity contribution is 0.431. The summed E-state index contributed by atoms with van der Waals surface area (Å²) in [7, 11) is -5.13. The van der Waals surface area contributed by atoms with Crippen LogP contribution in [0.25, 0.3) is 0 Å². The molecule has 0 aliphatic heterocycles. The Kier molecular flexibility index (Phi) is 5.98. The van der Waals surface area contributed by atoms with Gasteiger partial charge in [-0.05, 0) is 11.6 Å². The van der Waals surface area contributed by atoms with Crippen LogP contribution in [-0.2, 0) is 14.9 Å². The van der Waals surface area contributed by atoms with E-state index >= 15 is 0 Å². The number of aromatic hydroxyl groups is 2. The molecule has 152 valence electrons. The highest BCUT2D eigenvalue weighted by atomic mass is 35.5. The zero-order valence-corrected chi connectivity index (χ0v) is 18.1. The van der Waals surface area contributed by atoms with Crippen molar-refractivity contribution in [1.29, 1.82) is 0 Å². The third-order valence-corrected chi connectivity index (χ3v) is 7.53. The Balaban J connectivity index is 2.67. The molecule has 0 spiro atoms. The average Bonchev–Trinajstić information content (AvgIpc) is 2.66. The van der Waals surface area contributed by atoms with Gasteiger partial charge in [0, 0.05) is 17.2 Å². The summed E-state index contributed by atoms with van der Waals surface area (Å²) in [5, 5.41) is 19.4. The van der Waals surface area contributed by atoms with E-state index in [1.54, 1.807) is 6.07 Å². The van der Waals surface area contributed by atoms with Crippen LogP contribution in [0.5, 0.6) is 11.5 Å². The lowest BCUT2D eigenvalue weighted by atomic mass is 9.83. The van der Waals surface area contributed by atoms with Gasteiger partial charge in [0.2, 0.25) is 0 Å². The van der Waals surface area contributed by atoms with E-state index in [9.17, 15) is 23.2 Å². The molecule has 3 N–H and O–H groups in total. The maximum absolute atomic E-state index is 13.0. The van der Waals surface area contributed by atoms with Crippen molar-refractivity contribution in [3.8, 4) is 11.5 Å². The molecule has 0 aliphatic rings. The summed E-state index contributed by atoms with van der Waals surface area (Å²) >= 11 is 24.8. The van der Waals surface area contributed by atoms with Gasteiger partial charge in [-0.2, -0.15) is 8.42 Å². The summed E-state index contributed by atoms with van der Waals surface area (Å²) in [5.41, 5.74) is -0.648. The lowest BCUT2D eigenvalue weighted by Gasteiger charge is -2.34. The molecule has 0 fully saturated rings. The van der Waals surface area contributed by atoms with Gasteiger partial charge in [0.25, 0.3) is 10.1 Å². The minimum Gasteiger partial charge on any atom is -0.507 e. The number of benzene rings is 3. The Morgan fingerprint density at radius 3 is 1.97 bits per heavy atom. The molecule has 0 saturated carbocycles. The summed E-state index contributed by atoms with van der Waals surface area (Å²) in [6, 6.07) is 12.5. The third-order valence-electron chi connectivity index (χ3n) is 4.42. The van der Waals surface area contributed by atoms with Crippen LogP contribution in [0.15, 0.2) is 54.6 Å². The van der Waals surface area contributed by atoms with Gasteiger partial charge in [-0.3, -0.25) is 4.55 Å². The molecule has 0 aromatic heterocycles. The van der Waals surface area contributed by atoms with Crippen LogP contribution in [0.4, 0.5) is 0 Å². The smallest absolute Gasteiger partial charge is 0.283 e. The molecule has 0 amide bonds. The van der Waals surface area contributed by atoms with E-state index in [1.165, 1.54) is 42.5 Å². The van der Waals surface area contributed by atoms with Crippen LogP contribution >= 0.6 is 46.4 Å². The first kappa shape index (κ1) is 22.0. The number of hydrogen-bond acceptors (Lipinski definition) is 4.